The van der Waals surface area contributed by atoms with E-state index in [1.54, 1.807) is 18.2 Å². The number of aromatic nitrogens is 1. The average Bonchev–Trinajstić information content (AvgIpc) is 2.95. The van der Waals surface area contributed by atoms with E-state index in [4.69, 9.17) is 0 Å². The van der Waals surface area contributed by atoms with Gasteiger partial charge in [0.2, 0.25) is 0 Å². The number of rotatable bonds is 4. The number of methoxy groups -OCH3 is 1. The fourth-order valence-electron chi connectivity index (χ4n) is 1.60. The fraction of sp³-hybridized carbons (Fsp3) is 0.143. The molecule has 0 bridgehead atoms. The van der Waals surface area contributed by atoms with Gasteiger partial charge >= 0.3 is 12.0 Å². The molecule has 1 aromatic heterocycles. The van der Waals surface area contributed by atoms with Gasteiger partial charge in [-0.2, -0.15) is 0 Å². The van der Waals surface area contributed by atoms with Crippen LogP contribution < -0.4 is 10.6 Å². The average molecular weight is 319 g/mol. The van der Waals surface area contributed by atoms with Crippen LogP contribution in [0.1, 0.15) is 27.0 Å². The molecule has 2 rings (SSSR count). The van der Waals surface area contributed by atoms with Gasteiger partial charge in [0.25, 0.3) is 0 Å². The molecule has 1 aromatic carbocycles. The predicted octanol–water partition coefficient (Wildman–Crippen LogP) is 2.78. The molecule has 2 N–H and O–H groups in total. The van der Waals surface area contributed by atoms with E-state index in [1.807, 2.05) is 0 Å². The second-order valence-corrected chi connectivity index (χ2v) is 5.27. The first kappa shape index (κ1) is 15.6. The third-order valence-electron chi connectivity index (χ3n) is 2.61. The highest BCUT2D eigenvalue weighted by Gasteiger charge is 2.10. The number of benzene rings is 1. The minimum Gasteiger partial charge on any atom is -0.465 e. The molecule has 1 heterocycles. The number of Topliss-reactive ketones (excluding diaryl/α,β-unsaturated/α-hetero) is 1. The molecule has 0 aliphatic heterocycles. The smallest absolute Gasteiger partial charge is 0.337 e. The maximum absolute atomic E-state index is 11.9. The van der Waals surface area contributed by atoms with E-state index < -0.39 is 12.0 Å². The summed E-state index contributed by atoms with van der Waals surface area (Å²) in [5, 5.41) is 5.40. The molecule has 0 saturated heterocycles. The van der Waals surface area contributed by atoms with Crippen molar-refractivity contribution >= 4 is 39.9 Å². The number of amides is 2. The number of esters is 1. The third-order valence-corrected chi connectivity index (χ3v) is 3.63. The van der Waals surface area contributed by atoms with Gasteiger partial charge in [0.1, 0.15) is 0 Å². The highest BCUT2D eigenvalue weighted by molar-refractivity contribution is 7.17. The number of thiazole rings is 1. The number of hydrogen-bond donors (Lipinski definition) is 2. The van der Waals surface area contributed by atoms with Gasteiger partial charge in [0.05, 0.1) is 23.7 Å². The molecule has 7 nitrogen and oxygen atoms in total. The van der Waals surface area contributed by atoms with E-state index in [9.17, 15) is 14.4 Å². The first-order valence-corrected chi connectivity index (χ1v) is 7.04. The molecule has 0 unspecified atom stereocenters. The lowest BCUT2D eigenvalue weighted by Crippen LogP contribution is -2.19. The molecule has 0 aliphatic rings. The summed E-state index contributed by atoms with van der Waals surface area (Å²) in [6.45, 7) is 1.43. The first-order chi connectivity index (χ1) is 10.5. The Morgan fingerprint density at radius 3 is 2.64 bits per heavy atom. The molecule has 0 radical (unpaired) electrons. The monoisotopic (exact) mass is 319 g/mol. The summed E-state index contributed by atoms with van der Waals surface area (Å²) in [5.74, 6) is -0.605. The normalized spacial score (nSPS) is 9.91. The Morgan fingerprint density at radius 1 is 1.23 bits per heavy atom. The van der Waals surface area contributed by atoms with Gasteiger partial charge in [-0.05, 0) is 18.2 Å². The molecule has 0 atom stereocenters. The van der Waals surface area contributed by atoms with Crippen LogP contribution >= 0.6 is 11.3 Å². The summed E-state index contributed by atoms with van der Waals surface area (Å²) in [6, 6.07) is 5.81. The van der Waals surface area contributed by atoms with Crippen molar-refractivity contribution in [1.29, 1.82) is 0 Å². The number of carbonyl (C=O) groups excluding carboxylic acids is 3. The first-order valence-electron chi connectivity index (χ1n) is 6.22. The number of ether oxygens (including phenoxy) is 1. The van der Waals surface area contributed by atoms with Crippen LogP contribution in [0.2, 0.25) is 0 Å². The number of urea groups is 1. The van der Waals surface area contributed by atoms with Crippen LogP contribution in [0.4, 0.5) is 15.6 Å². The minimum atomic E-state index is -0.522. The standard InChI is InChI=1S/C14H13N3O4S/c1-8(18)11-7-15-14(22-11)17-13(20)16-10-5-3-4-9(6-10)12(19)21-2/h3-7H,1-2H3,(H2,15,16,17,20). The molecule has 8 heteroatoms. The number of anilines is 2. The van der Waals surface area contributed by atoms with Crippen molar-refractivity contribution in [3.8, 4) is 0 Å². The Hall–Kier alpha value is -2.74. The number of carbonyl (C=O) groups is 3. The molecule has 2 amide bonds. The molecule has 0 aliphatic carbocycles. The predicted molar refractivity (Wildman–Crippen MR) is 82.5 cm³/mol. The van der Waals surface area contributed by atoms with Crippen LogP contribution in [0.3, 0.4) is 0 Å². The van der Waals surface area contributed by atoms with Crippen LogP contribution in [-0.4, -0.2) is 29.9 Å². The number of ketones is 1. The van der Waals surface area contributed by atoms with Gasteiger partial charge in [0, 0.05) is 12.6 Å². The molecular formula is C14H13N3O4S. The zero-order valence-electron chi connectivity index (χ0n) is 11.9. The van der Waals surface area contributed by atoms with Crippen LogP contribution in [0.15, 0.2) is 30.5 Å². The van der Waals surface area contributed by atoms with Crippen molar-refractivity contribution in [2.24, 2.45) is 0 Å². The summed E-state index contributed by atoms with van der Waals surface area (Å²) in [6.07, 6.45) is 1.40. The summed E-state index contributed by atoms with van der Waals surface area (Å²) < 4.78 is 4.61. The Morgan fingerprint density at radius 2 is 2.00 bits per heavy atom. The topological polar surface area (TPSA) is 97.4 Å². The molecule has 114 valence electrons. The van der Waals surface area contributed by atoms with Gasteiger partial charge < -0.3 is 10.1 Å². The molecule has 22 heavy (non-hydrogen) atoms. The van der Waals surface area contributed by atoms with E-state index in [2.05, 4.69) is 20.4 Å². The summed E-state index contributed by atoms with van der Waals surface area (Å²) in [4.78, 5) is 38.8. The summed E-state index contributed by atoms with van der Waals surface area (Å²) >= 11 is 1.08. The second-order valence-electron chi connectivity index (χ2n) is 4.24. The zero-order chi connectivity index (χ0) is 16.1. The second kappa shape index (κ2) is 6.81. The van der Waals surface area contributed by atoms with Gasteiger partial charge in [-0.25, -0.2) is 14.6 Å². The van der Waals surface area contributed by atoms with Crippen LogP contribution in [0.25, 0.3) is 0 Å². The molecular weight excluding hydrogens is 306 g/mol. The van der Waals surface area contributed by atoms with E-state index >= 15 is 0 Å². The lowest BCUT2D eigenvalue weighted by atomic mass is 10.2. The molecule has 2 aromatic rings. The zero-order valence-corrected chi connectivity index (χ0v) is 12.7. The molecule has 0 spiro atoms. The number of nitrogens with zero attached hydrogens (tertiary/aromatic N) is 1. The van der Waals surface area contributed by atoms with Crippen molar-refractivity contribution in [2.75, 3.05) is 17.7 Å². The fourth-order valence-corrected chi connectivity index (χ4v) is 2.30. The van der Waals surface area contributed by atoms with Crippen LogP contribution in [0.5, 0.6) is 0 Å². The maximum atomic E-state index is 11.9. The quantitative estimate of drug-likeness (QED) is 0.667. The van der Waals surface area contributed by atoms with Crippen LogP contribution in [0, 0.1) is 0 Å². The molecule has 0 saturated carbocycles. The van der Waals surface area contributed by atoms with Crippen molar-refractivity contribution in [3.63, 3.8) is 0 Å². The van der Waals surface area contributed by atoms with Gasteiger partial charge in [-0.3, -0.25) is 10.1 Å². The summed E-state index contributed by atoms with van der Waals surface area (Å²) in [7, 11) is 1.28. The Balaban J connectivity index is 2.02. The number of nitrogens with one attached hydrogen (secondary N) is 2. The highest BCUT2D eigenvalue weighted by atomic mass is 32.1. The largest absolute Gasteiger partial charge is 0.465 e. The van der Waals surface area contributed by atoms with E-state index in [0.29, 0.717) is 21.3 Å². The Kier molecular flexibility index (Phi) is 4.84. The van der Waals surface area contributed by atoms with Gasteiger partial charge in [0.15, 0.2) is 10.9 Å². The van der Waals surface area contributed by atoms with E-state index in [-0.39, 0.29) is 5.78 Å². The third kappa shape index (κ3) is 3.89. The minimum absolute atomic E-state index is 0.114. The highest BCUT2D eigenvalue weighted by Crippen LogP contribution is 2.19. The summed E-state index contributed by atoms with van der Waals surface area (Å²) in [5.41, 5.74) is 0.761. The number of hydrogen-bond acceptors (Lipinski definition) is 6. The molecule has 0 fully saturated rings. The van der Waals surface area contributed by atoms with Crippen LogP contribution in [-0.2, 0) is 4.74 Å². The van der Waals surface area contributed by atoms with Gasteiger partial charge in [-0.15, -0.1) is 0 Å². The lowest BCUT2D eigenvalue weighted by molar-refractivity contribution is 0.0600. The maximum Gasteiger partial charge on any atom is 0.337 e. The van der Waals surface area contributed by atoms with Crippen molar-refractivity contribution < 1.29 is 19.1 Å². The lowest BCUT2D eigenvalue weighted by Gasteiger charge is -2.06. The SMILES string of the molecule is COC(=O)c1cccc(NC(=O)Nc2ncc(C(C)=O)s2)c1. The van der Waals surface area contributed by atoms with Crippen molar-refractivity contribution in [3.05, 3.63) is 40.9 Å². The van der Waals surface area contributed by atoms with Crippen molar-refractivity contribution in [2.45, 2.75) is 6.92 Å². The van der Waals surface area contributed by atoms with Crippen molar-refractivity contribution in [1.82, 2.24) is 4.98 Å². The van der Waals surface area contributed by atoms with E-state index in [1.165, 1.54) is 26.3 Å². The van der Waals surface area contributed by atoms with E-state index in [0.717, 1.165) is 11.3 Å². The Bertz CT molecular complexity index is 726. The van der Waals surface area contributed by atoms with Gasteiger partial charge in [-0.1, -0.05) is 17.4 Å². The Labute approximate surface area is 130 Å².